The summed E-state index contributed by atoms with van der Waals surface area (Å²) in [5, 5.41) is 2.11. The van der Waals surface area contributed by atoms with Crippen LogP contribution in [-0.2, 0) is 11.3 Å². The van der Waals surface area contributed by atoms with Gasteiger partial charge in [0.25, 0.3) is 0 Å². The van der Waals surface area contributed by atoms with Gasteiger partial charge in [0.1, 0.15) is 0 Å². The summed E-state index contributed by atoms with van der Waals surface area (Å²) in [5.41, 5.74) is 0. The van der Waals surface area contributed by atoms with Crippen LogP contribution in [0.3, 0.4) is 0 Å². The number of thiophene rings is 1. The molecule has 1 rings (SSSR count). The van der Waals surface area contributed by atoms with Crippen LogP contribution in [0.4, 0.5) is 0 Å². The fraction of sp³-hybridized carbons (Fsp3) is 0.733. The van der Waals surface area contributed by atoms with Gasteiger partial charge in [-0.1, -0.05) is 57.9 Å². The van der Waals surface area contributed by atoms with Crippen molar-refractivity contribution in [2.75, 3.05) is 6.61 Å². The van der Waals surface area contributed by atoms with E-state index in [0.717, 1.165) is 13.2 Å². The van der Waals surface area contributed by atoms with Crippen molar-refractivity contribution < 1.29 is 4.74 Å². The smallest absolute Gasteiger partial charge is 0.0809 e. The molecule has 1 aromatic heterocycles. The van der Waals surface area contributed by atoms with E-state index < -0.39 is 0 Å². The molecule has 0 fully saturated rings. The second-order valence-corrected chi connectivity index (χ2v) is 5.64. The SMILES string of the molecule is CCCCCCCCCCOCc1cccs1. The number of unbranched alkanes of at least 4 members (excludes halogenated alkanes) is 7. The quantitative estimate of drug-likeness (QED) is 0.480. The zero-order valence-electron chi connectivity index (χ0n) is 11.1. The number of hydrogen-bond acceptors (Lipinski definition) is 2. The summed E-state index contributed by atoms with van der Waals surface area (Å²) in [4.78, 5) is 1.34. The molecule has 0 saturated carbocycles. The van der Waals surface area contributed by atoms with Crippen molar-refractivity contribution in [2.24, 2.45) is 0 Å². The Morgan fingerprint density at radius 1 is 1.00 bits per heavy atom. The number of hydrogen-bond donors (Lipinski definition) is 0. The van der Waals surface area contributed by atoms with E-state index in [1.807, 2.05) is 0 Å². The summed E-state index contributed by atoms with van der Waals surface area (Å²) in [5.74, 6) is 0. The number of rotatable bonds is 11. The van der Waals surface area contributed by atoms with Crippen LogP contribution in [0.15, 0.2) is 17.5 Å². The average Bonchev–Trinajstić information content (AvgIpc) is 2.85. The van der Waals surface area contributed by atoms with Gasteiger partial charge < -0.3 is 4.74 Å². The predicted molar refractivity (Wildman–Crippen MR) is 76.6 cm³/mol. The molecule has 0 aliphatic heterocycles. The van der Waals surface area contributed by atoms with Crippen molar-refractivity contribution >= 4 is 11.3 Å². The molecule has 1 heterocycles. The highest BCUT2D eigenvalue weighted by Gasteiger charge is 1.94. The lowest BCUT2D eigenvalue weighted by Crippen LogP contribution is -1.93. The Kier molecular flexibility index (Phi) is 9.34. The van der Waals surface area contributed by atoms with Crippen molar-refractivity contribution in [2.45, 2.75) is 64.9 Å². The zero-order chi connectivity index (χ0) is 12.2. The van der Waals surface area contributed by atoms with E-state index >= 15 is 0 Å². The first-order valence-electron chi connectivity index (χ1n) is 7.03. The molecule has 1 nitrogen and oxygen atoms in total. The van der Waals surface area contributed by atoms with Gasteiger partial charge in [-0.15, -0.1) is 11.3 Å². The first-order valence-corrected chi connectivity index (χ1v) is 7.91. The van der Waals surface area contributed by atoms with E-state index in [0.29, 0.717) is 0 Å². The normalized spacial score (nSPS) is 10.9. The molecule has 0 aliphatic carbocycles. The van der Waals surface area contributed by atoms with E-state index in [-0.39, 0.29) is 0 Å². The van der Waals surface area contributed by atoms with E-state index in [1.165, 1.54) is 56.2 Å². The van der Waals surface area contributed by atoms with E-state index in [9.17, 15) is 0 Å². The third kappa shape index (κ3) is 8.39. The number of ether oxygens (including phenoxy) is 1. The van der Waals surface area contributed by atoms with E-state index in [4.69, 9.17) is 4.74 Å². The molecule has 0 aromatic carbocycles. The first kappa shape index (κ1) is 14.7. The van der Waals surface area contributed by atoms with Gasteiger partial charge in [-0.25, -0.2) is 0 Å². The van der Waals surface area contributed by atoms with Crippen molar-refractivity contribution in [3.05, 3.63) is 22.4 Å². The average molecular weight is 254 g/mol. The second-order valence-electron chi connectivity index (χ2n) is 4.61. The second kappa shape index (κ2) is 10.8. The Bertz CT molecular complexity index is 243. The van der Waals surface area contributed by atoms with Gasteiger partial charge in [0, 0.05) is 11.5 Å². The molecular formula is C15H26OS. The molecule has 98 valence electrons. The zero-order valence-corrected chi connectivity index (χ0v) is 11.9. The fourth-order valence-electron chi connectivity index (χ4n) is 1.91. The highest BCUT2D eigenvalue weighted by molar-refractivity contribution is 7.09. The minimum absolute atomic E-state index is 0.800. The molecule has 0 saturated heterocycles. The molecule has 0 radical (unpaired) electrons. The van der Waals surface area contributed by atoms with Gasteiger partial charge in [0.15, 0.2) is 0 Å². The topological polar surface area (TPSA) is 9.23 Å². The molecule has 0 aliphatic rings. The highest BCUT2D eigenvalue weighted by Crippen LogP contribution is 2.11. The summed E-state index contributed by atoms with van der Waals surface area (Å²) in [6.45, 7) is 3.99. The molecule has 1 aromatic rings. The molecule has 0 unspecified atom stereocenters. The Morgan fingerprint density at radius 2 is 1.71 bits per heavy atom. The lowest BCUT2D eigenvalue weighted by Gasteiger charge is -2.03. The summed E-state index contributed by atoms with van der Waals surface area (Å²) in [6, 6.07) is 4.22. The van der Waals surface area contributed by atoms with Gasteiger partial charge in [-0.2, -0.15) is 0 Å². The Morgan fingerprint density at radius 3 is 2.35 bits per heavy atom. The van der Waals surface area contributed by atoms with Crippen LogP contribution in [0.1, 0.15) is 63.2 Å². The molecule has 0 atom stereocenters. The van der Waals surface area contributed by atoms with Gasteiger partial charge in [0.2, 0.25) is 0 Å². The van der Waals surface area contributed by atoms with E-state index in [2.05, 4.69) is 24.4 Å². The molecular weight excluding hydrogens is 228 g/mol. The van der Waals surface area contributed by atoms with Crippen LogP contribution in [0, 0.1) is 0 Å². The Hall–Kier alpha value is -0.340. The van der Waals surface area contributed by atoms with Crippen molar-refractivity contribution in [3.8, 4) is 0 Å². The molecule has 17 heavy (non-hydrogen) atoms. The maximum absolute atomic E-state index is 5.63. The van der Waals surface area contributed by atoms with Crippen molar-refractivity contribution in [1.29, 1.82) is 0 Å². The summed E-state index contributed by atoms with van der Waals surface area (Å²) >= 11 is 1.78. The molecule has 0 N–H and O–H groups in total. The molecule has 0 spiro atoms. The first-order chi connectivity index (χ1) is 8.43. The van der Waals surface area contributed by atoms with Crippen LogP contribution >= 0.6 is 11.3 Å². The largest absolute Gasteiger partial charge is 0.376 e. The highest BCUT2D eigenvalue weighted by atomic mass is 32.1. The summed E-state index contributed by atoms with van der Waals surface area (Å²) < 4.78 is 5.63. The molecule has 0 amide bonds. The summed E-state index contributed by atoms with van der Waals surface area (Å²) in [7, 11) is 0. The molecule has 2 heteroatoms. The van der Waals surface area contributed by atoms with Crippen LogP contribution in [0.25, 0.3) is 0 Å². The minimum Gasteiger partial charge on any atom is -0.376 e. The fourth-order valence-corrected chi connectivity index (χ4v) is 2.55. The van der Waals surface area contributed by atoms with Crippen LogP contribution < -0.4 is 0 Å². The van der Waals surface area contributed by atoms with Gasteiger partial charge >= 0.3 is 0 Å². The maximum atomic E-state index is 5.63. The molecule has 0 bridgehead atoms. The maximum Gasteiger partial charge on any atom is 0.0809 e. The predicted octanol–water partition coefficient (Wildman–Crippen LogP) is 5.41. The van der Waals surface area contributed by atoms with Gasteiger partial charge in [0.05, 0.1) is 6.61 Å². The Balaban J connectivity index is 1.76. The van der Waals surface area contributed by atoms with Gasteiger partial charge in [-0.3, -0.25) is 0 Å². The van der Waals surface area contributed by atoms with Crippen LogP contribution in [-0.4, -0.2) is 6.61 Å². The lowest BCUT2D eigenvalue weighted by atomic mass is 10.1. The Labute approximate surface area is 110 Å². The summed E-state index contributed by atoms with van der Waals surface area (Å²) in [6.07, 6.45) is 10.9. The van der Waals surface area contributed by atoms with Gasteiger partial charge in [-0.05, 0) is 17.9 Å². The van der Waals surface area contributed by atoms with Crippen molar-refractivity contribution in [1.82, 2.24) is 0 Å². The van der Waals surface area contributed by atoms with Crippen LogP contribution in [0.2, 0.25) is 0 Å². The minimum atomic E-state index is 0.800. The third-order valence-corrected chi connectivity index (χ3v) is 3.82. The van der Waals surface area contributed by atoms with Crippen LogP contribution in [0.5, 0.6) is 0 Å². The van der Waals surface area contributed by atoms with Crippen molar-refractivity contribution in [3.63, 3.8) is 0 Å². The lowest BCUT2D eigenvalue weighted by molar-refractivity contribution is 0.118. The monoisotopic (exact) mass is 254 g/mol. The van der Waals surface area contributed by atoms with E-state index in [1.54, 1.807) is 11.3 Å². The standard InChI is InChI=1S/C15H26OS/c1-2-3-4-5-6-7-8-9-12-16-14-15-11-10-13-17-15/h10-11,13H,2-9,12,14H2,1H3. The third-order valence-electron chi connectivity index (χ3n) is 2.97.